The third-order valence-corrected chi connectivity index (χ3v) is 3.32. The van der Waals surface area contributed by atoms with Crippen molar-refractivity contribution in [2.45, 2.75) is 13.0 Å². The topological polar surface area (TPSA) is 50.4 Å². The summed E-state index contributed by atoms with van der Waals surface area (Å²) < 4.78 is 4.54. The number of halogens is 1. The summed E-state index contributed by atoms with van der Waals surface area (Å²) in [6.07, 6.45) is -0.481. The van der Waals surface area contributed by atoms with E-state index in [9.17, 15) is 4.79 Å². The van der Waals surface area contributed by atoms with Gasteiger partial charge in [0.2, 0.25) is 0 Å². The van der Waals surface area contributed by atoms with Crippen LogP contribution in [0.5, 0.6) is 0 Å². The van der Waals surface area contributed by atoms with Gasteiger partial charge in [0.15, 0.2) is 0 Å². The molecule has 110 valence electrons. The average Bonchev–Trinajstić information content (AvgIpc) is 2.49. The minimum Gasteiger partial charge on any atom is -0.453 e. The molecule has 1 unspecified atom stereocenters. The number of carbonyl (C=O) groups is 1. The predicted molar refractivity (Wildman–Crippen MR) is 86.0 cm³/mol. The van der Waals surface area contributed by atoms with Crippen molar-refractivity contribution < 1.29 is 9.53 Å². The first-order valence-corrected chi connectivity index (χ1v) is 6.93. The molecule has 0 bridgehead atoms. The summed E-state index contributed by atoms with van der Waals surface area (Å²) in [5, 5.41) is 6.72. The van der Waals surface area contributed by atoms with Crippen molar-refractivity contribution >= 4 is 29.1 Å². The van der Waals surface area contributed by atoms with Crippen LogP contribution in [0, 0.1) is 0 Å². The number of methoxy groups -OCH3 is 1. The molecule has 0 aliphatic carbocycles. The molecule has 0 heterocycles. The fourth-order valence-electron chi connectivity index (χ4n) is 1.90. The van der Waals surface area contributed by atoms with Gasteiger partial charge in [0.25, 0.3) is 0 Å². The Morgan fingerprint density at radius 3 is 2.19 bits per heavy atom. The quantitative estimate of drug-likeness (QED) is 0.861. The van der Waals surface area contributed by atoms with Gasteiger partial charge in [0, 0.05) is 22.4 Å². The Morgan fingerprint density at radius 1 is 1.05 bits per heavy atom. The van der Waals surface area contributed by atoms with Crippen LogP contribution in [0.2, 0.25) is 5.02 Å². The van der Waals surface area contributed by atoms with E-state index in [1.807, 2.05) is 48.5 Å². The molecule has 2 rings (SSSR count). The molecule has 21 heavy (non-hydrogen) atoms. The summed E-state index contributed by atoms with van der Waals surface area (Å²) >= 11 is 5.88. The van der Waals surface area contributed by atoms with Crippen LogP contribution in [0.25, 0.3) is 0 Å². The Kier molecular flexibility index (Phi) is 5.06. The lowest BCUT2D eigenvalue weighted by molar-refractivity contribution is 0.187. The number of rotatable bonds is 4. The van der Waals surface area contributed by atoms with E-state index < -0.39 is 6.09 Å². The predicted octanol–water partition coefficient (Wildman–Crippen LogP) is 4.69. The van der Waals surface area contributed by atoms with Crippen LogP contribution in [-0.4, -0.2) is 13.2 Å². The molecule has 4 nitrogen and oxygen atoms in total. The van der Waals surface area contributed by atoms with Crippen molar-refractivity contribution in [1.29, 1.82) is 0 Å². The van der Waals surface area contributed by atoms with Crippen LogP contribution in [-0.2, 0) is 4.74 Å². The number of hydrogen-bond donors (Lipinski definition) is 2. The summed E-state index contributed by atoms with van der Waals surface area (Å²) in [5.41, 5.74) is 2.80. The molecular formula is C16H17ClN2O2. The van der Waals surface area contributed by atoms with Crippen molar-refractivity contribution in [3.8, 4) is 0 Å². The van der Waals surface area contributed by atoms with Crippen LogP contribution in [0.1, 0.15) is 18.5 Å². The van der Waals surface area contributed by atoms with Crippen molar-refractivity contribution in [1.82, 2.24) is 0 Å². The van der Waals surface area contributed by atoms with Crippen LogP contribution in [0.3, 0.4) is 0 Å². The Morgan fingerprint density at radius 2 is 1.62 bits per heavy atom. The molecule has 2 aromatic rings. The Balaban J connectivity index is 1.99. The van der Waals surface area contributed by atoms with Gasteiger partial charge < -0.3 is 10.1 Å². The molecule has 0 radical (unpaired) electrons. The van der Waals surface area contributed by atoms with Gasteiger partial charge in [-0.25, -0.2) is 4.79 Å². The summed E-state index contributed by atoms with van der Waals surface area (Å²) in [4.78, 5) is 11.1. The molecule has 0 spiro atoms. The maximum Gasteiger partial charge on any atom is 0.411 e. The highest BCUT2D eigenvalue weighted by atomic mass is 35.5. The monoisotopic (exact) mass is 304 g/mol. The van der Waals surface area contributed by atoms with Crippen molar-refractivity contribution in [3.05, 3.63) is 59.1 Å². The second kappa shape index (κ2) is 6.99. The van der Waals surface area contributed by atoms with Crippen molar-refractivity contribution in [2.75, 3.05) is 17.7 Å². The number of amides is 1. The number of ether oxygens (including phenoxy) is 1. The zero-order chi connectivity index (χ0) is 15.2. The maximum absolute atomic E-state index is 11.1. The molecule has 0 fully saturated rings. The molecule has 5 heteroatoms. The van der Waals surface area contributed by atoms with Crippen LogP contribution in [0.4, 0.5) is 16.2 Å². The fourth-order valence-corrected chi connectivity index (χ4v) is 2.03. The summed E-state index contributed by atoms with van der Waals surface area (Å²) in [6.45, 7) is 2.07. The minimum absolute atomic E-state index is 0.154. The smallest absolute Gasteiger partial charge is 0.411 e. The van der Waals surface area contributed by atoms with E-state index in [0.29, 0.717) is 5.69 Å². The van der Waals surface area contributed by atoms with Gasteiger partial charge in [-0.05, 0) is 48.9 Å². The van der Waals surface area contributed by atoms with Gasteiger partial charge in [-0.1, -0.05) is 23.7 Å². The van der Waals surface area contributed by atoms with Gasteiger partial charge >= 0.3 is 6.09 Å². The molecule has 1 amide bonds. The van der Waals surface area contributed by atoms with E-state index in [1.165, 1.54) is 7.11 Å². The molecular weight excluding hydrogens is 288 g/mol. The van der Waals surface area contributed by atoms with E-state index in [1.54, 1.807) is 0 Å². The summed E-state index contributed by atoms with van der Waals surface area (Å²) in [7, 11) is 1.33. The first-order valence-electron chi connectivity index (χ1n) is 6.55. The standard InChI is InChI=1S/C16H17ClN2O2/c1-11(12-3-5-13(17)6-4-12)18-14-7-9-15(10-8-14)19-16(20)21-2/h3-11,18H,1-2H3,(H,19,20). The Hall–Kier alpha value is -2.20. The molecule has 0 aromatic heterocycles. The fraction of sp³-hybridized carbons (Fsp3) is 0.188. The lowest BCUT2D eigenvalue weighted by Crippen LogP contribution is -2.11. The van der Waals surface area contributed by atoms with Gasteiger partial charge in [-0.3, -0.25) is 5.32 Å². The largest absolute Gasteiger partial charge is 0.453 e. The number of benzene rings is 2. The number of carbonyl (C=O) groups excluding carboxylic acids is 1. The van der Waals surface area contributed by atoms with Crippen molar-refractivity contribution in [3.63, 3.8) is 0 Å². The first-order chi connectivity index (χ1) is 10.1. The number of hydrogen-bond acceptors (Lipinski definition) is 3. The summed E-state index contributed by atoms with van der Waals surface area (Å²) in [6, 6.07) is 15.3. The molecule has 0 saturated heterocycles. The Bertz CT molecular complexity index is 597. The van der Waals surface area contributed by atoms with Crippen LogP contribution in [0.15, 0.2) is 48.5 Å². The lowest BCUT2D eigenvalue weighted by Gasteiger charge is -2.16. The van der Waals surface area contributed by atoms with Gasteiger partial charge in [0.1, 0.15) is 0 Å². The zero-order valence-corrected chi connectivity index (χ0v) is 12.6. The average molecular weight is 305 g/mol. The zero-order valence-electron chi connectivity index (χ0n) is 11.9. The molecule has 0 saturated carbocycles. The molecule has 2 N–H and O–H groups in total. The van der Waals surface area contributed by atoms with Gasteiger partial charge in [-0.15, -0.1) is 0 Å². The van der Waals surface area contributed by atoms with E-state index in [4.69, 9.17) is 11.6 Å². The highest BCUT2D eigenvalue weighted by Crippen LogP contribution is 2.22. The van der Waals surface area contributed by atoms with E-state index >= 15 is 0 Å². The van der Waals surface area contributed by atoms with E-state index in [0.717, 1.165) is 16.3 Å². The summed E-state index contributed by atoms with van der Waals surface area (Å²) in [5.74, 6) is 0. The third kappa shape index (κ3) is 4.39. The molecule has 1 atom stereocenters. The normalized spacial score (nSPS) is 11.6. The molecule has 0 aliphatic heterocycles. The second-order valence-electron chi connectivity index (χ2n) is 4.61. The number of anilines is 2. The second-order valence-corrected chi connectivity index (χ2v) is 5.05. The lowest BCUT2D eigenvalue weighted by atomic mass is 10.1. The third-order valence-electron chi connectivity index (χ3n) is 3.07. The highest BCUT2D eigenvalue weighted by molar-refractivity contribution is 6.30. The van der Waals surface area contributed by atoms with Gasteiger partial charge in [-0.2, -0.15) is 0 Å². The van der Waals surface area contributed by atoms with E-state index in [-0.39, 0.29) is 6.04 Å². The van der Waals surface area contributed by atoms with Crippen molar-refractivity contribution in [2.24, 2.45) is 0 Å². The van der Waals surface area contributed by atoms with Crippen LogP contribution < -0.4 is 10.6 Å². The first kappa shape index (κ1) is 15.2. The minimum atomic E-state index is -0.481. The molecule has 0 aliphatic rings. The van der Waals surface area contributed by atoms with Crippen LogP contribution >= 0.6 is 11.6 Å². The maximum atomic E-state index is 11.1. The molecule has 2 aromatic carbocycles. The van der Waals surface area contributed by atoms with Gasteiger partial charge in [0.05, 0.1) is 7.11 Å². The van der Waals surface area contributed by atoms with E-state index in [2.05, 4.69) is 22.3 Å². The SMILES string of the molecule is COC(=O)Nc1ccc(NC(C)c2ccc(Cl)cc2)cc1. The number of nitrogens with one attached hydrogen (secondary N) is 2. The highest BCUT2D eigenvalue weighted by Gasteiger charge is 2.06. The Labute approximate surface area is 129 Å².